The monoisotopic (exact) mass is 388 g/mol. The minimum atomic E-state index is -4.25. The average molecular weight is 388 g/mol. The summed E-state index contributed by atoms with van der Waals surface area (Å²) < 4.78 is 52.7. The van der Waals surface area contributed by atoms with Crippen molar-refractivity contribution in [1.82, 2.24) is 14.5 Å². The first kappa shape index (κ1) is 19.6. The first-order valence-electron chi connectivity index (χ1n) is 8.53. The first-order valence-corrected chi connectivity index (χ1v) is 8.53. The molecule has 1 N–H and O–H groups in total. The van der Waals surface area contributed by atoms with E-state index in [-0.39, 0.29) is 31.5 Å². The molecule has 148 valence electrons. The quantitative estimate of drug-likeness (QED) is 0.800. The highest BCUT2D eigenvalue weighted by molar-refractivity contribution is 5.82. The summed E-state index contributed by atoms with van der Waals surface area (Å²) in [5.41, 5.74) is 0.287. The SMILES string of the molecule is Cn1c(N2CCN(CC(F)(F)F)CC2)nc2c(CCO)cc(F)cc2c1=O. The van der Waals surface area contributed by atoms with Crippen molar-refractivity contribution in [2.24, 2.45) is 7.05 Å². The van der Waals surface area contributed by atoms with E-state index in [1.807, 2.05) is 0 Å². The van der Waals surface area contributed by atoms with Crippen molar-refractivity contribution >= 4 is 16.9 Å². The zero-order chi connectivity index (χ0) is 19.8. The molecule has 1 aromatic carbocycles. The predicted molar refractivity (Wildman–Crippen MR) is 92.4 cm³/mol. The van der Waals surface area contributed by atoms with Gasteiger partial charge in [0.1, 0.15) is 5.82 Å². The Morgan fingerprint density at radius 1 is 1.19 bits per heavy atom. The van der Waals surface area contributed by atoms with Crippen LogP contribution in [0, 0.1) is 5.82 Å². The molecule has 0 atom stereocenters. The third-order valence-electron chi connectivity index (χ3n) is 4.64. The molecule has 0 spiro atoms. The molecule has 6 nitrogen and oxygen atoms in total. The Morgan fingerprint density at radius 2 is 1.85 bits per heavy atom. The maximum Gasteiger partial charge on any atom is 0.401 e. The highest BCUT2D eigenvalue weighted by Gasteiger charge is 2.32. The summed E-state index contributed by atoms with van der Waals surface area (Å²) in [6.45, 7) is -0.219. The fourth-order valence-electron chi connectivity index (χ4n) is 3.35. The van der Waals surface area contributed by atoms with Gasteiger partial charge in [-0.15, -0.1) is 0 Å². The van der Waals surface area contributed by atoms with Gasteiger partial charge < -0.3 is 10.0 Å². The molecule has 1 aromatic heterocycles. The summed E-state index contributed by atoms with van der Waals surface area (Å²) in [6.07, 6.45) is -4.10. The van der Waals surface area contributed by atoms with E-state index >= 15 is 0 Å². The molecule has 0 radical (unpaired) electrons. The van der Waals surface area contributed by atoms with E-state index in [1.54, 1.807) is 4.90 Å². The molecule has 0 unspecified atom stereocenters. The van der Waals surface area contributed by atoms with Crippen molar-refractivity contribution in [3.63, 3.8) is 0 Å². The van der Waals surface area contributed by atoms with Gasteiger partial charge in [0.05, 0.1) is 17.4 Å². The molecule has 3 rings (SSSR count). The van der Waals surface area contributed by atoms with Gasteiger partial charge in [-0.2, -0.15) is 13.2 Å². The number of nitrogens with zero attached hydrogens (tertiary/aromatic N) is 4. The summed E-state index contributed by atoms with van der Waals surface area (Å²) >= 11 is 0. The Hall–Kier alpha value is -2.20. The molecule has 1 aliphatic rings. The van der Waals surface area contributed by atoms with Crippen molar-refractivity contribution in [3.8, 4) is 0 Å². The van der Waals surface area contributed by atoms with Crippen LogP contribution >= 0.6 is 0 Å². The lowest BCUT2D eigenvalue weighted by Crippen LogP contribution is -2.50. The van der Waals surface area contributed by atoms with Crippen LogP contribution in [0.3, 0.4) is 0 Å². The van der Waals surface area contributed by atoms with Crippen molar-refractivity contribution in [2.45, 2.75) is 12.6 Å². The molecule has 2 aromatic rings. The first-order chi connectivity index (χ1) is 12.7. The number of alkyl halides is 3. The van der Waals surface area contributed by atoms with Crippen molar-refractivity contribution in [2.75, 3.05) is 44.2 Å². The average Bonchev–Trinajstić information content (AvgIpc) is 2.58. The van der Waals surface area contributed by atoms with Gasteiger partial charge in [-0.25, -0.2) is 9.37 Å². The molecule has 1 aliphatic heterocycles. The van der Waals surface area contributed by atoms with Crippen LogP contribution in [0.4, 0.5) is 23.5 Å². The fourth-order valence-corrected chi connectivity index (χ4v) is 3.35. The van der Waals surface area contributed by atoms with Crippen LogP contribution in [0.15, 0.2) is 16.9 Å². The lowest BCUT2D eigenvalue weighted by atomic mass is 10.1. The van der Waals surface area contributed by atoms with Crippen LogP contribution in [0.25, 0.3) is 10.9 Å². The number of aliphatic hydroxyl groups is 1. The highest BCUT2D eigenvalue weighted by atomic mass is 19.4. The third kappa shape index (κ3) is 4.22. The Balaban J connectivity index is 1.94. The second-order valence-corrected chi connectivity index (χ2v) is 6.59. The van der Waals surface area contributed by atoms with Gasteiger partial charge in [0, 0.05) is 39.8 Å². The number of fused-ring (bicyclic) bond motifs is 1. The summed E-state index contributed by atoms with van der Waals surface area (Å²) in [5, 5.41) is 9.30. The molecule has 0 saturated carbocycles. The van der Waals surface area contributed by atoms with Crippen LogP contribution in [-0.2, 0) is 13.5 Å². The number of halogens is 4. The molecule has 1 fully saturated rings. The number of aromatic nitrogens is 2. The number of hydrogen-bond acceptors (Lipinski definition) is 5. The Kier molecular flexibility index (Phi) is 5.38. The van der Waals surface area contributed by atoms with Crippen LogP contribution < -0.4 is 10.5 Å². The molecule has 27 heavy (non-hydrogen) atoms. The number of piperazine rings is 1. The zero-order valence-electron chi connectivity index (χ0n) is 14.8. The third-order valence-corrected chi connectivity index (χ3v) is 4.64. The van der Waals surface area contributed by atoms with Crippen LogP contribution in [0.1, 0.15) is 5.56 Å². The lowest BCUT2D eigenvalue weighted by molar-refractivity contribution is -0.146. The standard InChI is InChI=1S/C17H20F4N4O2/c1-23-15(27)13-9-12(18)8-11(2-7-26)14(13)22-16(23)25-5-3-24(4-6-25)10-17(19,20)21/h8-9,26H,2-7,10H2,1H3. The van der Waals surface area contributed by atoms with Gasteiger partial charge in [0.2, 0.25) is 5.95 Å². The number of hydrogen-bond donors (Lipinski definition) is 1. The maximum atomic E-state index is 13.8. The number of rotatable bonds is 4. The van der Waals surface area contributed by atoms with Gasteiger partial charge in [-0.3, -0.25) is 14.3 Å². The van der Waals surface area contributed by atoms with E-state index in [0.29, 0.717) is 30.1 Å². The predicted octanol–water partition coefficient (Wildman–Crippen LogP) is 1.29. The van der Waals surface area contributed by atoms with E-state index in [2.05, 4.69) is 4.98 Å². The summed E-state index contributed by atoms with van der Waals surface area (Å²) in [4.78, 5) is 20.2. The topological polar surface area (TPSA) is 61.6 Å². The molecule has 10 heteroatoms. The van der Waals surface area contributed by atoms with Crippen LogP contribution in [-0.4, -0.2) is 65.1 Å². The van der Waals surface area contributed by atoms with Gasteiger partial charge in [-0.1, -0.05) is 0 Å². The number of aliphatic hydroxyl groups excluding tert-OH is 1. The highest BCUT2D eigenvalue weighted by Crippen LogP contribution is 2.22. The molecule has 0 amide bonds. The van der Waals surface area contributed by atoms with Gasteiger partial charge >= 0.3 is 6.18 Å². The van der Waals surface area contributed by atoms with Gasteiger partial charge in [0.15, 0.2) is 0 Å². The minimum absolute atomic E-state index is 0.111. The summed E-state index contributed by atoms with van der Waals surface area (Å²) in [5.74, 6) is -0.261. The Bertz CT molecular complexity index is 889. The Morgan fingerprint density at radius 3 is 2.44 bits per heavy atom. The number of anilines is 1. The van der Waals surface area contributed by atoms with E-state index in [4.69, 9.17) is 0 Å². The molecule has 0 bridgehead atoms. The normalized spacial score (nSPS) is 16.3. The summed E-state index contributed by atoms with van der Waals surface area (Å²) in [7, 11) is 1.50. The van der Waals surface area contributed by atoms with Crippen molar-refractivity contribution in [1.29, 1.82) is 0 Å². The van der Waals surface area contributed by atoms with Crippen LogP contribution in [0.5, 0.6) is 0 Å². The smallest absolute Gasteiger partial charge is 0.396 e. The van der Waals surface area contributed by atoms with E-state index in [0.717, 1.165) is 6.07 Å². The largest absolute Gasteiger partial charge is 0.401 e. The molecule has 2 heterocycles. The zero-order valence-corrected chi connectivity index (χ0v) is 14.8. The van der Waals surface area contributed by atoms with E-state index < -0.39 is 24.1 Å². The van der Waals surface area contributed by atoms with E-state index in [9.17, 15) is 27.5 Å². The molecular weight excluding hydrogens is 368 g/mol. The lowest BCUT2D eigenvalue weighted by Gasteiger charge is -2.36. The number of benzene rings is 1. The van der Waals surface area contributed by atoms with Gasteiger partial charge in [0.25, 0.3) is 5.56 Å². The second kappa shape index (κ2) is 7.43. The molecule has 1 saturated heterocycles. The van der Waals surface area contributed by atoms with Gasteiger partial charge in [-0.05, 0) is 24.1 Å². The maximum absolute atomic E-state index is 13.8. The molecule has 0 aliphatic carbocycles. The van der Waals surface area contributed by atoms with Crippen molar-refractivity contribution in [3.05, 3.63) is 33.9 Å². The van der Waals surface area contributed by atoms with Crippen LogP contribution in [0.2, 0.25) is 0 Å². The second-order valence-electron chi connectivity index (χ2n) is 6.59. The van der Waals surface area contributed by atoms with E-state index in [1.165, 1.54) is 22.6 Å². The molecular formula is C17H20F4N4O2. The Labute approximate surface area is 152 Å². The summed E-state index contributed by atoms with van der Waals surface area (Å²) in [6, 6.07) is 2.34. The minimum Gasteiger partial charge on any atom is -0.396 e. The van der Waals surface area contributed by atoms with Crippen molar-refractivity contribution < 1.29 is 22.7 Å². The fraction of sp³-hybridized carbons (Fsp3) is 0.529.